The third-order valence-electron chi connectivity index (χ3n) is 1.47. The summed E-state index contributed by atoms with van der Waals surface area (Å²) >= 11 is 11.9. The molecule has 68 valence electrons. The zero-order valence-corrected chi connectivity index (χ0v) is 9.39. The molecule has 0 spiro atoms. The van der Waals surface area contributed by atoms with Gasteiger partial charge in [0.05, 0.1) is 0 Å². The molecule has 0 atom stereocenters. The molecule has 0 fully saturated rings. The lowest BCUT2D eigenvalue weighted by Crippen LogP contribution is -2.13. The van der Waals surface area contributed by atoms with Crippen LogP contribution >= 0.6 is 22.2 Å². The fourth-order valence-electron chi connectivity index (χ4n) is 0.900. The molecule has 0 aliphatic rings. The fraction of sp³-hybridized carbons (Fsp3) is 0.667. The summed E-state index contributed by atoms with van der Waals surface area (Å²) in [5.41, 5.74) is 0. The van der Waals surface area contributed by atoms with Crippen molar-refractivity contribution < 1.29 is 0 Å². The van der Waals surface area contributed by atoms with Crippen LogP contribution in [0.4, 0.5) is 0 Å². The van der Waals surface area contributed by atoms with E-state index < -0.39 is 6.69 Å². The standard InChI is InChI=1S/C6H11Cl2N3Si/c1-12(7,8)4-2-3-11-6-9-5-10-11/h5-6H,2-4H2,1H3. The highest BCUT2D eigenvalue weighted by Crippen LogP contribution is 2.21. The van der Waals surface area contributed by atoms with E-state index in [2.05, 4.69) is 10.1 Å². The van der Waals surface area contributed by atoms with Gasteiger partial charge in [0.25, 0.3) is 0 Å². The van der Waals surface area contributed by atoms with Crippen LogP contribution in [0.15, 0.2) is 12.7 Å². The minimum atomic E-state index is -1.91. The van der Waals surface area contributed by atoms with Crippen LogP contribution in [0, 0.1) is 0 Å². The number of aromatic nitrogens is 3. The van der Waals surface area contributed by atoms with E-state index in [1.54, 1.807) is 11.0 Å². The highest BCUT2D eigenvalue weighted by atomic mass is 35.7. The molecule has 0 aromatic carbocycles. The second kappa shape index (κ2) is 4.25. The lowest BCUT2D eigenvalue weighted by atomic mass is 10.5. The van der Waals surface area contributed by atoms with Gasteiger partial charge in [-0.3, -0.25) is 4.68 Å². The van der Waals surface area contributed by atoms with Crippen molar-refractivity contribution >= 4 is 28.9 Å². The minimum absolute atomic E-state index is 0.849. The summed E-state index contributed by atoms with van der Waals surface area (Å²) in [5, 5.41) is 3.97. The first-order valence-corrected chi connectivity index (χ1v) is 8.51. The first-order chi connectivity index (χ1) is 5.58. The van der Waals surface area contributed by atoms with Gasteiger partial charge in [-0.1, -0.05) is 0 Å². The van der Waals surface area contributed by atoms with Crippen molar-refractivity contribution in [3.05, 3.63) is 12.7 Å². The van der Waals surface area contributed by atoms with Gasteiger partial charge in [-0.15, -0.1) is 22.2 Å². The predicted molar refractivity (Wildman–Crippen MR) is 52.8 cm³/mol. The summed E-state index contributed by atoms with van der Waals surface area (Å²) in [6.45, 7) is 0.870. The normalized spacial score (nSPS) is 11.9. The largest absolute Gasteiger partial charge is 0.253 e. The highest BCUT2D eigenvalue weighted by Gasteiger charge is 2.19. The third kappa shape index (κ3) is 4.09. The molecule has 0 aliphatic carbocycles. The lowest BCUT2D eigenvalue weighted by Gasteiger charge is -2.08. The van der Waals surface area contributed by atoms with Crippen molar-refractivity contribution in [3.63, 3.8) is 0 Å². The maximum Gasteiger partial charge on any atom is 0.248 e. The number of halogens is 2. The average molecular weight is 224 g/mol. The molecular formula is C6H11Cl2N3Si. The highest BCUT2D eigenvalue weighted by molar-refractivity contribution is 7.44. The Labute approximate surface area is 82.1 Å². The van der Waals surface area contributed by atoms with Crippen LogP contribution < -0.4 is 0 Å². The zero-order chi connectivity index (χ0) is 9.03. The van der Waals surface area contributed by atoms with E-state index in [1.165, 1.54) is 6.33 Å². The molecule has 6 heteroatoms. The fourth-order valence-corrected chi connectivity index (χ4v) is 2.48. The number of hydrogen-bond acceptors (Lipinski definition) is 2. The monoisotopic (exact) mass is 223 g/mol. The van der Waals surface area contributed by atoms with Gasteiger partial charge in [0.15, 0.2) is 0 Å². The van der Waals surface area contributed by atoms with Crippen LogP contribution in [0.25, 0.3) is 0 Å². The number of hydrogen-bond donors (Lipinski definition) is 0. The predicted octanol–water partition coefficient (Wildman–Crippen LogP) is 2.22. The zero-order valence-electron chi connectivity index (χ0n) is 6.87. The van der Waals surface area contributed by atoms with Gasteiger partial charge in [-0.25, -0.2) is 4.98 Å². The Hall–Kier alpha value is -0.0631. The Balaban J connectivity index is 2.20. The van der Waals surface area contributed by atoms with E-state index in [9.17, 15) is 0 Å². The van der Waals surface area contributed by atoms with Crippen LogP contribution in [-0.2, 0) is 6.54 Å². The second-order valence-corrected chi connectivity index (χ2v) is 11.1. The molecule has 0 unspecified atom stereocenters. The van der Waals surface area contributed by atoms with E-state index in [1.807, 2.05) is 6.55 Å². The molecule has 3 nitrogen and oxygen atoms in total. The first-order valence-electron chi connectivity index (χ1n) is 3.78. The van der Waals surface area contributed by atoms with Crippen molar-refractivity contribution in [1.29, 1.82) is 0 Å². The molecule has 1 aromatic rings. The van der Waals surface area contributed by atoms with E-state index in [0.29, 0.717) is 0 Å². The summed E-state index contributed by atoms with van der Waals surface area (Å²) < 4.78 is 1.79. The molecule has 0 amide bonds. The topological polar surface area (TPSA) is 30.7 Å². The van der Waals surface area contributed by atoms with Crippen molar-refractivity contribution in [2.45, 2.75) is 25.6 Å². The molecule has 0 saturated carbocycles. The van der Waals surface area contributed by atoms with E-state index in [4.69, 9.17) is 22.2 Å². The summed E-state index contributed by atoms with van der Waals surface area (Å²) in [4.78, 5) is 3.83. The van der Waals surface area contributed by atoms with Crippen LogP contribution in [0.1, 0.15) is 6.42 Å². The third-order valence-corrected chi connectivity index (χ3v) is 3.83. The molecule has 1 rings (SSSR count). The van der Waals surface area contributed by atoms with Gasteiger partial charge in [-0.2, -0.15) is 5.10 Å². The van der Waals surface area contributed by atoms with Crippen molar-refractivity contribution in [1.82, 2.24) is 14.8 Å². The lowest BCUT2D eigenvalue weighted by molar-refractivity contribution is 0.599. The number of aryl methyl sites for hydroxylation is 1. The van der Waals surface area contributed by atoms with Gasteiger partial charge in [0, 0.05) is 6.54 Å². The van der Waals surface area contributed by atoms with Crippen LogP contribution in [0.2, 0.25) is 12.6 Å². The van der Waals surface area contributed by atoms with Crippen LogP contribution in [-0.4, -0.2) is 21.5 Å². The van der Waals surface area contributed by atoms with Crippen LogP contribution in [0.5, 0.6) is 0 Å². The molecule has 0 aliphatic heterocycles. The van der Waals surface area contributed by atoms with Gasteiger partial charge in [-0.05, 0) is 19.0 Å². The molecule has 12 heavy (non-hydrogen) atoms. The van der Waals surface area contributed by atoms with E-state index >= 15 is 0 Å². The second-order valence-electron chi connectivity index (χ2n) is 2.83. The Morgan fingerprint density at radius 2 is 2.25 bits per heavy atom. The van der Waals surface area contributed by atoms with Crippen molar-refractivity contribution in [3.8, 4) is 0 Å². The quantitative estimate of drug-likeness (QED) is 0.580. The molecule has 1 aromatic heterocycles. The van der Waals surface area contributed by atoms with Crippen LogP contribution in [0.3, 0.4) is 0 Å². The number of nitrogens with zero attached hydrogens (tertiary/aromatic N) is 3. The minimum Gasteiger partial charge on any atom is -0.253 e. The number of rotatable bonds is 4. The molecule has 0 bridgehead atoms. The Bertz CT molecular complexity index is 219. The summed E-state index contributed by atoms with van der Waals surface area (Å²) in [6.07, 6.45) is 4.19. The molecule has 1 heterocycles. The van der Waals surface area contributed by atoms with Gasteiger partial charge >= 0.3 is 0 Å². The van der Waals surface area contributed by atoms with E-state index in [0.717, 1.165) is 19.0 Å². The van der Waals surface area contributed by atoms with E-state index in [-0.39, 0.29) is 0 Å². The van der Waals surface area contributed by atoms with Gasteiger partial charge < -0.3 is 0 Å². The molecule has 0 N–H and O–H groups in total. The summed E-state index contributed by atoms with van der Waals surface area (Å²) in [7, 11) is 0. The van der Waals surface area contributed by atoms with Crippen molar-refractivity contribution in [2.75, 3.05) is 0 Å². The Morgan fingerprint density at radius 3 is 2.75 bits per heavy atom. The summed E-state index contributed by atoms with van der Waals surface area (Å²) in [6, 6.07) is 0.899. The van der Waals surface area contributed by atoms with Gasteiger partial charge in [0.1, 0.15) is 12.7 Å². The Morgan fingerprint density at radius 1 is 1.50 bits per heavy atom. The summed E-state index contributed by atoms with van der Waals surface area (Å²) in [5.74, 6) is 0. The maximum absolute atomic E-state index is 5.93. The maximum atomic E-state index is 5.93. The molecular weight excluding hydrogens is 213 g/mol. The van der Waals surface area contributed by atoms with Crippen molar-refractivity contribution in [2.24, 2.45) is 0 Å². The molecule has 0 radical (unpaired) electrons. The average Bonchev–Trinajstić information content (AvgIpc) is 2.36. The molecule has 0 saturated heterocycles. The Kier molecular flexibility index (Phi) is 3.55. The SMILES string of the molecule is C[Si](Cl)(Cl)CCCn1cncn1. The van der Waals surface area contributed by atoms with Gasteiger partial charge in [0.2, 0.25) is 6.69 Å². The first kappa shape index (κ1) is 10.0. The smallest absolute Gasteiger partial charge is 0.248 e.